The van der Waals surface area contributed by atoms with E-state index in [4.69, 9.17) is 11.6 Å². The average Bonchev–Trinajstić information content (AvgIpc) is 2.73. The Morgan fingerprint density at radius 3 is 2.50 bits per heavy atom. The molecule has 0 saturated heterocycles. The normalized spacial score (nSPS) is 11.3. The lowest BCUT2D eigenvalue weighted by Gasteiger charge is -2.08. The number of aromatic nitrogens is 3. The Labute approximate surface area is 175 Å². The lowest BCUT2D eigenvalue weighted by molar-refractivity contribution is 0.0945. The Hall–Kier alpha value is -3.02. The molecule has 0 aliphatic rings. The number of hydrogen-bond donors (Lipinski definition) is 2. The fraction of sp³-hybridized carbons (Fsp3) is 0.111. The minimum Gasteiger partial charge on any atom is -0.347 e. The number of benzene rings is 1. The van der Waals surface area contributed by atoms with Gasteiger partial charge in [0.25, 0.3) is 5.91 Å². The van der Waals surface area contributed by atoms with E-state index in [0.717, 1.165) is 24.4 Å². The fourth-order valence-corrected chi connectivity index (χ4v) is 3.56. The highest BCUT2D eigenvalue weighted by Crippen LogP contribution is 2.19. The largest absolute Gasteiger partial charge is 0.347 e. The minimum atomic E-state index is -3.95. The van der Waals surface area contributed by atoms with Gasteiger partial charge in [-0.1, -0.05) is 11.6 Å². The summed E-state index contributed by atoms with van der Waals surface area (Å²) in [6.07, 6.45) is 4.88. The summed E-state index contributed by atoms with van der Waals surface area (Å²) in [5.41, 5.74) is 0.720. The molecule has 1 amide bonds. The summed E-state index contributed by atoms with van der Waals surface area (Å²) in [5, 5.41) is 2.23. The molecule has 8 nitrogen and oxygen atoms in total. The van der Waals surface area contributed by atoms with Crippen molar-refractivity contribution in [1.82, 2.24) is 25.0 Å². The zero-order valence-corrected chi connectivity index (χ0v) is 16.7. The Morgan fingerprint density at radius 1 is 1.03 bits per heavy atom. The van der Waals surface area contributed by atoms with E-state index in [-0.39, 0.29) is 34.4 Å². The molecule has 3 aromatic rings. The number of halogens is 3. The third kappa shape index (κ3) is 5.53. The van der Waals surface area contributed by atoms with Crippen LogP contribution < -0.4 is 10.0 Å². The Bertz CT molecular complexity index is 1180. The Kier molecular flexibility index (Phi) is 6.65. The summed E-state index contributed by atoms with van der Waals surface area (Å²) in [6, 6.07) is 4.26. The van der Waals surface area contributed by atoms with Crippen molar-refractivity contribution >= 4 is 27.5 Å². The molecule has 2 heterocycles. The number of carbonyl (C=O) groups excluding carboxylic acids is 1. The molecule has 156 valence electrons. The second-order valence-corrected chi connectivity index (χ2v) is 8.16. The third-order valence-corrected chi connectivity index (χ3v) is 5.49. The molecule has 0 saturated carbocycles. The highest BCUT2D eigenvalue weighted by molar-refractivity contribution is 7.89. The molecule has 0 unspecified atom stereocenters. The maximum atomic E-state index is 13.2. The molecule has 0 atom stereocenters. The lowest BCUT2D eigenvalue weighted by Crippen LogP contribution is -2.25. The van der Waals surface area contributed by atoms with Gasteiger partial charge in [-0.05, 0) is 29.8 Å². The van der Waals surface area contributed by atoms with Crippen molar-refractivity contribution < 1.29 is 22.0 Å². The van der Waals surface area contributed by atoms with Gasteiger partial charge in [0.1, 0.15) is 17.3 Å². The predicted molar refractivity (Wildman–Crippen MR) is 103 cm³/mol. The van der Waals surface area contributed by atoms with Gasteiger partial charge < -0.3 is 5.32 Å². The number of rotatable bonds is 7. The molecular weight excluding hydrogens is 440 g/mol. The fourth-order valence-electron chi connectivity index (χ4n) is 2.29. The van der Waals surface area contributed by atoms with Gasteiger partial charge in [-0.3, -0.25) is 14.8 Å². The number of amides is 1. The summed E-state index contributed by atoms with van der Waals surface area (Å²) in [6.45, 7) is -0.158. The van der Waals surface area contributed by atoms with Crippen molar-refractivity contribution in [2.75, 3.05) is 0 Å². The number of hydrogen-bond acceptors (Lipinski definition) is 6. The molecular formula is C18H14ClF2N5O3S. The first-order valence-electron chi connectivity index (χ1n) is 8.38. The molecule has 2 aromatic heterocycles. The molecule has 0 aliphatic heterocycles. The van der Waals surface area contributed by atoms with E-state index in [1.807, 2.05) is 0 Å². The summed E-state index contributed by atoms with van der Waals surface area (Å²) >= 11 is 5.61. The van der Waals surface area contributed by atoms with Crippen LogP contribution in [-0.4, -0.2) is 29.3 Å². The summed E-state index contributed by atoms with van der Waals surface area (Å²) in [4.78, 5) is 23.5. The molecule has 0 radical (unpaired) electrons. The molecule has 0 spiro atoms. The van der Waals surface area contributed by atoms with Crippen LogP contribution in [-0.2, 0) is 23.1 Å². The van der Waals surface area contributed by atoms with Crippen LogP contribution in [0, 0.1) is 11.6 Å². The van der Waals surface area contributed by atoms with Gasteiger partial charge in [0.2, 0.25) is 10.0 Å². The van der Waals surface area contributed by atoms with Crippen LogP contribution >= 0.6 is 11.6 Å². The van der Waals surface area contributed by atoms with Crippen molar-refractivity contribution in [2.45, 2.75) is 18.0 Å². The number of nitrogens with zero attached hydrogens (tertiary/aromatic N) is 3. The van der Waals surface area contributed by atoms with E-state index in [2.05, 4.69) is 25.0 Å². The van der Waals surface area contributed by atoms with Crippen LogP contribution in [0.3, 0.4) is 0 Å². The number of pyridine rings is 1. The van der Waals surface area contributed by atoms with Crippen molar-refractivity contribution in [3.8, 4) is 0 Å². The quantitative estimate of drug-likeness (QED) is 0.567. The summed E-state index contributed by atoms with van der Waals surface area (Å²) < 4.78 is 53.1. The van der Waals surface area contributed by atoms with E-state index in [1.165, 1.54) is 24.7 Å². The topological polar surface area (TPSA) is 114 Å². The molecule has 2 N–H and O–H groups in total. The molecule has 1 aromatic carbocycles. The van der Waals surface area contributed by atoms with Crippen LogP contribution in [0.4, 0.5) is 8.78 Å². The minimum absolute atomic E-state index is 0.00344. The number of sulfonamides is 1. The monoisotopic (exact) mass is 453 g/mol. The first-order valence-corrected chi connectivity index (χ1v) is 10.2. The number of carbonyl (C=O) groups is 1. The Morgan fingerprint density at radius 2 is 1.83 bits per heavy atom. The standard InChI is InChI=1S/C18H14ClF2N5O3S/c19-15-4-14(1-2-16(15)21)30(28,29)26-9-13-8-24-17(10-23-13)18(27)25-6-11-3-12(20)7-22-5-11/h1-5,7-8,10,26H,6,9H2,(H,25,27). The van der Waals surface area contributed by atoms with Crippen LogP contribution in [0.5, 0.6) is 0 Å². The zero-order valence-electron chi connectivity index (χ0n) is 15.1. The first-order chi connectivity index (χ1) is 14.2. The molecule has 0 fully saturated rings. The first kappa shape index (κ1) is 21.7. The van der Waals surface area contributed by atoms with Gasteiger partial charge in [0.15, 0.2) is 0 Å². The van der Waals surface area contributed by atoms with Crippen molar-refractivity contribution in [3.05, 3.63) is 82.7 Å². The smallest absolute Gasteiger partial charge is 0.271 e. The summed E-state index contributed by atoms with van der Waals surface area (Å²) in [5.74, 6) is -1.79. The third-order valence-electron chi connectivity index (χ3n) is 3.80. The van der Waals surface area contributed by atoms with E-state index >= 15 is 0 Å². The van der Waals surface area contributed by atoms with E-state index < -0.39 is 27.6 Å². The molecule has 0 bridgehead atoms. The SMILES string of the molecule is O=C(NCc1cncc(F)c1)c1cnc(CNS(=O)(=O)c2ccc(F)c(Cl)c2)cn1. The van der Waals surface area contributed by atoms with Crippen LogP contribution in [0.25, 0.3) is 0 Å². The summed E-state index contributed by atoms with van der Waals surface area (Å²) in [7, 11) is -3.95. The van der Waals surface area contributed by atoms with E-state index in [1.54, 1.807) is 0 Å². The van der Waals surface area contributed by atoms with Gasteiger partial charge in [-0.2, -0.15) is 0 Å². The second-order valence-electron chi connectivity index (χ2n) is 5.99. The molecule has 0 aliphatic carbocycles. The van der Waals surface area contributed by atoms with E-state index in [9.17, 15) is 22.0 Å². The molecule has 3 rings (SSSR count). The van der Waals surface area contributed by atoms with Gasteiger partial charge in [-0.25, -0.2) is 26.9 Å². The van der Waals surface area contributed by atoms with Crippen LogP contribution in [0.1, 0.15) is 21.7 Å². The second kappa shape index (κ2) is 9.20. The maximum Gasteiger partial charge on any atom is 0.271 e. The van der Waals surface area contributed by atoms with Crippen molar-refractivity contribution in [2.24, 2.45) is 0 Å². The lowest BCUT2D eigenvalue weighted by atomic mass is 10.3. The van der Waals surface area contributed by atoms with Crippen LogP contribution in [0.15, 0.2) is 53.9 Å². The van der Waals surface area contributed by atoms with Gasteiger partial charge in [0.05, 0.1) is 40.7 Å². The van der Waals surface area contributed by atoms with Gasteiger partial charge >= 0.3 is 0 Å². The van der Waals surface area contributed by atoms with Gasteiger partial charge in [-0.15, -0.1) is 0 Å². The van der Waals surface area contributed by atoms with Crippen molar-refractivity contribution in [3.63, 3.8) is 0 Å². The Balaban J connectivity index is 1.58. The highest BCUT2D eigenvalue weighted by atomic mass is 35.5. The number of nitrogens with one attached hydrogen (secondary N) is 2. The van der Waals surface area contributed by atoms with E-state index in [0.29, 0.717) is 5.56 Å². The highest BCUT2D eigenvalue weighted by Gasteiger charge is 2.16. The van der Waals surface area contributed by atoms with Crippen LogP contribution in [0.2, 0.25) is 5.02 Å². The molecule has 12 heteroatoms. The predicted octanol–water partition coefficient (Wildman–Crippen LogP) is 2.21. The average molecular weight is 454 g/mol. The van der Waals surface area contributed by atoms with Gasteiger partial charge in [0, 0.05) is 12.7 Å². The maximum absolute atomic E-state index is 13.2. The van der Waals surface area contributed by atoms with Crippen molar-refractivity contribution in [1.29, 1.82) is 0 Å². The zero-order chi connectivity index (χ0) is 21.7. The molecule has 30 heavy (non-hydrogen) atoms.